The van der Waals surface area contributed by atoms with Crippen molar-refractivity contribution in [3.05, 3.63) is 81.2 Å². The predicted octanol–water partition coefficient (Wildman–Crippen LogP) is 5.32. The van der Waals surface area contributed by atoms with E-state index in [0.717, 1.165) is 16.8 Å². The monoisotopic (exact) mass is 443 g/mol. The third-order valence-corrected chi connectivity index (χ3v) is 5.76. The maximum absolute atomic E-state index is 12.8. The Bertz CT molecular complexity index is 1170. The summed E-state index contributed by atoms with van der Waals surface area (Å²) in [5, 5.41) is 10.4. The summed E-state index contributed by atoms with van der Waals surface area (Å²) in [7, 11) is 0. The highest BCUT2D eigenvalue weighted by Crippen LogP contribution is 2.27. The first-order valence-corrected chi connectivity index (χ1v) is 10.3. The van der Waals surface area contributed by atoms with E-state index in [1.165, 1.54) is 11.3 Å². The molecule has 0 spiro atoms. The standard InChI is InChI=1S/C20H15Cl2N5OS/c1-12-17(18(22)27(26-12)10-14-5-2-3-7-15(14)21)19(28)25-20-24-16(11-29-20)13-6-4-8-23-9-13/h2-9,11H,10H2,1H3,(H,24,25,28). The van der Waals surface area contributed by atoms with Gasteiger partial charge in [0.25, 0.3) is 5.91 Å². The first kappa shape index (κ1) is 19.6. The summed E-state index contributed by atoms with van der Waals surface area (Å²) >= 11 is 14.0. The number of aromatic nitrogens is 4. The van der Waals surface area contributed by atoms with Crippen LogP contribution in [0.5, 0.6) is 0 Å². The molecule has 3 heterocycles. The van der Waals surface area contributed by atoms with Crippen LogP contribution in [0.3, 0.4) is 0 Å². The third kappa shape index (κ3) is 4.17. The number of hydrogen-bond donors (Lipinski definition) is 1. The van der Waals surface area contributed by atoms with Crippen LogP contribution in [0, 0.1) is 6.92 Å². The van der Waals surface area contributed by atoms with Crippen LogP contribution >= 0.6 is 34.5 Å². The molecule has 0 unspecified atom stereocenters. The van der Waals surface area contributed by atoms with Gasteiger partial charge in [-0.1, -0.05) is 41.4 Å². The number of hydrogen-bond acceptors (Lipinski definition) is 5. The van der Waals surface area contributed by atoms with Crippen LogP contribution in [0.1, 0.15) is 21.6 Å². The normalized spacial score (nSPS) is 10.9. The van der Waals surface area contributed by atoms with E-state index in [4.69, 9.17) is 23.2 Å². The lowest BCUT2D eigenvalue weighted by molar-refractivity contribution is 0.102. The lowest BCUT2D eigenvalue weighted by Gasteiger charge is -2.06. The van der Waals surface area contributed by atoms with Gasteiger partial charge in [0.1, 0.15) is 5.15 Å². The van der Waals surface area contributed by atoms with E-state index in [1.54, 1.807) is 30.1 Å². The molecule has 0 aliphatic carbocycles. The van der Waals surface area contributed by atoms with Gasteiger partial charge in [-0.3, -0.25) is 15.1 Å². The Hall–Kier alpha value is -2.74. The fourth-order valence-corrected chi connectivity index (χ4v) is 4.07. The van der Waals surface area contributed by atoms with Crippen molar-refractivity contribution in [1.82, 2.24) is 19.7 Å². The summed E-state index contributed by atoms with van der Waals surface area (Å²) in [5.74, 6) is -0.356. The van der Waals surface area contributed by atoms with Crippen molar-refractivity contribution >= 4 is 45.6 Å². The van der Waals surface area contributed by atoms with Crippen LogP contribution in [0.15, 0.2) is 54.2 Å². The second kappa shape index (κ2) is 8.32. The zero-order valence-electron chi connectivity index (χ0n) is 15.3. The van der Waals surface area contributed by atoms with E-state index in [-0.39, 0.29) is 11.1 Å². The van der Waals surface area contributed by atoms with Crippen LogP contribution in [0.25, 0.3) is 11.3 Å². The van der Waals surface area contributed by atoms with Gasteiger partial charge in [0.2, 0.25) is 0 Å². The number of carbonyl (C=O) groups is 1. The molecule has 0 aliphatic rings. The summed E-state index contributed by atoms with van der Waals surface area (Å²) in [6, 6.07) is 11.2. The van der Waals surface area contributed by atoms with Crippen molar-refractivity contribution in [2.24, 2.45) is 0 Å². The Balaban J connectivity index is 1.54. The molecule has 1 amide bonds. The predicted molar refractivity (Wildman–Crippen MR) is 116 cm³/mol. The van der Waals surface area contributed by atoms with Gasteiger partial charge < -0.3 is 0 Å². The topological polar surface area (TPSA) is 72.7 Å². The molecular formula is C20H15Cl2N5OS. The van der Waals surface area contributed by atoms with Crippen molar-refractivity contribution in [1.29, 1.82) is 0 Å². The fourth-order valence-electron chi connectivity index (χ4n) is 2.84. The molecule has 3 aromatic heterocycles. The maximum Gasteiger partial charge on any atom is 0.262 e. The number of thiazole rings is 1. The van der Waals surface area contributed by atoms with Gasteiger partial charge in [0.05, 0.1) is 23.5 Å². The van der Waals surface area contributed by atoms with Gasteiger partial charge >= 0.3 is 0 Å². The Labute approximate surface area is 181 Å². The second-order valence-electron chi connectivity index (χ2n) is 6.23. The number of pyridine rings is 1. The fraction of sp³-hybridized carbons (Fsp3) is 0.100. The number of anilines is 1. The molecule has 146 valence electrons. The third-order valence-electron chi connectivity index (χ3n) is 4.25. The van der Waals surface area contributed by atoms with Crippen LogP contribution in [-0.2, 0) is 6.54 Å². The highest BCUT2D eigenvalue weighted by molar-refractivity contribution is 7.14. The molecule has 0 fully saturated rings. The average molecular weight is 444 g/mol. The molecule has 0 saturated heterocycles. The van der Waals surface area contributed by atoms with Crippen molar-refractivity contribution in [3.8, 4) is 11.3 Å². The summed E-state index contributed by atoms with van der Waals surface area (Å²) in [6.45, 7) is 2.11. The molecule has 0 aliphatic heterocycles. The highest BCUT2D eigenvalue weighted by atomic mass is 35.5. The number of aryl methyl sites for hydroxylation is 1. The van der Waals surface area contributed by atoms with Gasteiger partial charge in [-0.2, -0.15) is 5.10 Å². The van der Waals surface area contributed by atoms with Crippen molar-refractivity contribution in [3.63, 3.8) is 0 Å². The first-order valence-electron chi connectivity index (χ1n) is 8.66. The summed E-state index contributed by atoms with van der Waals surface area (Å²) in [6.07, 6.45) is 3.42. The van der Waals surface area contributed by atoms with E-state index in [0.29, 0.717) is 28.0 Å². The molecule has 29 heavy (non-hydrogen) atoms. The summed E-state index contributed by atoms with van der Waals surface area (Å²) in [4.78, 5) is 21.3. The lowest BCUT2D eigenvalue weighted by Crippen LogP contribution is -2.13. The number of nitrogens with zero attached hydrogens (tertiary/aromatic N) is 4. The van der Waals surface area contributed by atoms with Gasteiger partial charge in [-0.05, 0) is 30.7 Å². The number of halogens is 2. The van der Waals surface area contributed by atoms with Gasteiger partial charge in [-0.15, -0.1) is 11.3 Å². The molecule has 0 bridgehead atoms. The molecule has 0 atom stereocenters. The number of benzene rings is 1. The Kier molecular flexibility index (Phi) is 5.62. The van der Waals surface area contributed by atoms with Crippen LogP contribution in [0.4, 0.5) is 5.13 Å². The average Bonchev–Trinajstić information content (AvgIpc) is 3.28. The second-order valence-corrected chi connectivity index (χ2v) is 7.86. The first-order chi connectivity index (χ1) is 14.0. The van der Waals surface area contributed by atoms with E-state index in [9.17, 15) is 4.79 Å². The minimum Gasteiger partial charge on any atom is -0.298 e. The number of nitrogens with one attached hydrogen (secondary N) is 1. The molecule has 6 nitrogen and oxygen atoms in total. The molecule has 9 heteroatoms. The molecule has 4 aromatic rings. The van der Waals surface area contributed by atoms with Crippen molar-refractivity contribution in [2.45, 2.75) is 13.5 Å². The van der Waals surface area contributed by atoms with Gasteiger partial charge in [0, 0.05) is 28.4 Å². The van der Waals surface area contributed by atoms with Crippen LogP contribution < -0.4 is 5.32 Å². The zero-order valence-corrected chi connectivity index (χ0v) is 17.6. The largest absolute Gasteiger partial charge is 0.298 e. The summed E-state index contributed by atoms with van der Waals surface area (Å²) in [5.41, 5.74) is 3.34. The molecule has 4 rings (SSSR count). The van der Waals surface area contributed by atoms with E-state index >= 15 is 0 Å². The van der Waals surface area contributed by atoms with E-state index in [1.807, 2.05) is 35.7 Å². The molecule has 1 aromatic carbocycles. The molecule has 0 radical (unpaired) electrons. The van der Waals surface area contributed by atoms with Gasteiger partial charge in [-0.25, -0.2) is 9.67 Å². The Morgan fingerprint density at radius 3 is 2.79 bits per heavy atom. The van der Waals surface area contributed by atoms with E-state index in [2.05, 4.69) is 20.4 Å². The number of amides is 1. The minimum absolute atomic E-state index is 0.254. The van der Waals surface area contributed by atoms with Crippen LogP contribution in [-0.4, -0.2) is 25.7 Å². The quantitative estimate of drug-likeness (QED) is 0.452. The van der Waals surface area contributed by atoms with Crippen molar-refractivity contribution < 1.29 is 4.79 Å². The zero-order chi connectivity index (χ0) is 20.4. The van der Waals surface area contributed by atoms with E-state index < -0.39 is 0 Å². The smallest absolute Gasteiger partial charge is 0.262 e. The molecule has 1 N–H and O–H groups in total. The van der Waals surface area contributed by atoms with Crippen molar-refractivity contribution in [2.75, 3.05) is 5.32 Å². The van der Waals surface area contributed by atoms with Gasteiger partial charge in [0.15, 0.2) is 5.13 Å². The molecule has 0 saturated carbocycles. The Morgan fingerprint density at radius 1 is 1.21 bits per heavy atom. The van der Waals surface area contributed by atoms with Crippen LogP contribution in [0.2, 0.25) is 10.2 Å². The molecular weight excluding hydrogens is 429 g/mol. The lowest BCUT2D eigenvalue weighted by atomic mass is 10.2. The Morgan fingerprint density at radius 2 is 2.03 bits per heavy atom. The highest BCUT2D eigenvalue weighted by Gasteiger charge is 2.22. The summed E-state index contributed by atoms with van der Waals surface area (Å²) < 4.78 is 1.57. The minimum atomic E-state index is -0.356. The number of carbonyl (C=O) groups excluding carboxylic acids is 1. The number of rotatable bonds is 5. The maximum atomic E-state index is 12.8. The SMILES string of the molecule is Cc1nn(Cc2ccccc2Cl)c(Cl)c1C(=O)Nc1nc(-c2cccnc2)cs1.